The molecule has 2 aromatic carbocycles. The number of methoxy groups -OCH3 is 1. The maximum Gasteiger partial charge on any atom is 0.309 e. The van der Waals surface area contributed by atoms with E-state index in [-0.39, 0.29) is 18.2 Å². The monoisotopic (exact) mass is 388 g/mol. The molecule has 2 aromatic rings. The number of ketones is 1. The van der Waals surface area contributed by atoms with E-state index in [0.717, 1.165) is 52.6 Å². The molecule has 0 bridgehead atoms. The zero-order valence-electron chi connectivity index (χ0n) is 17.5. The molecule has 0 N–H and O–H groups in total. The van der Waals surface area contributed by atoms with Gasteiger partial charge in [-0.25, -0.2) is 0 Å². The first-order valence-electron chi connectivity index (χ1n) is 10.0. The minimum atomic E-state index is -0.263. The number of ether oxygens (including phenoxy) is 1. The van der Waals surface area contributed by atoms with Gasteiger partial charge in [-0.1, -0.05) is 56.9 Å². The van der Waals surface area contributed by atoms with Crippen LogP contribution in [-0.2, 0) is 22.4 Å². The highest BCUT2D eigenvalue weighted by Gasteiger charge is 2.15. The highest BCUT2D eigenvalue weighted by Crippen LogP contribution is 2.22. The van der Waals surface area contributed by atoms with Gasteiger partial charge in [-0.3, -0.25) is 9.59 Å². The van der Waals surface area contributed by atoms with Gasteiger partial charge in [0.2, 0.25) is 0 Å². The van der Waals surface area contributed by atoms with Gasteiger partial charge < -0.3 is 4.74 Å². The topological polar surface area (TPSA) is 43.4 Å². The van der Waals surface area contributed by atoms with E-state index in [0.29, 0.717) is 6.42 Å². The first-order valence-corrected chi connectivity index (χ1v) is 10.0. The Bertz CT molecular complexity index is 940. The molecule has 29 heavy (non-hydrogen) atoms. The van der Waals surface area contributed by atoms with Gasteiger partial charge in [0.25, 0.3) is 0 Å². The van der Waals surface area contributed by atoms with Crippen LogP contribution < -0.4 is 0 Å². The molecule has 0 saturated carbocycles. The van der Waals surface area contributed by atoms with Crippen molar-refractivity contribution < 1.29 is 14.3 Å². The average molecular weight is 389 g/mol. The fourth-order valence-corrected chi connectivity index (χ4v) is 3.13. The van der Waals surface area contributed by atoms with Crippen LogP contribution in [0.25, 0.3) is 6.08 Å². The van der Waals surface area contributed by atoms with Crippen molar-refractivity contribution in [3.05, 3.63) is 76.4 Å². The molecule has 0 aromatic heterocycles. The normalized spacial score (nSPS) is 10.0. The molecule has 0 aliphatic heterocycles. The van der Waals surface area contributed by atoms with Gasteiger partial charge in [0.05, 0.1) is 13.5 Å². The first kappa shape index (κ1) is 22.2. The van der Waals surface area contributed by atoms with E-state index < -0.39 is 0 Å². The Morgan fingerprint density at radius 3 is 2.34 bits per heavy atom. The van der Waals surface area contributed by atoms with Gasteiger partial charge in [0, 0.05) is 23.1 Å². The largest absolute Gasteiger partial charge is 0.469 e. The summed E-state index contributed by atoms with van der Waals surface area (Å²) >= 11 is 0. The molecular formula is C26H28O3. The number of aryl methyl sites for hydroxylation is 1. The molecule has 0 unspecified atom stereocenters. The lowest BCUT2D eigenvalue weighted by Gasteiger charge is -2.12. The first-order chi connectivity index (χ1) is 14.0. The molecule has 3 nitrogen and oxygen atoms in total. The zero-order valence-corrected chi connectivity index (χ0v) is 17.5. The molecule has 0 saturated heterocycles. The van der Waals surface area contributed by atoms with E-state index >= 15 is 0 Å². The molecule has 150 valence electrons. The third-order valence-corrected chi connectivity index (χ3v) is 4.77. The molecule has 0 amide bonds. The van der Waals surface area contributed by atoms with Crippen LogP contribution in [0.2, 0.25) is 0 Å². The van der Waals surface area contributed by atoms with E-state index in [1.165, 1.54) is 7.11 Å². The lowest BCUT2D eigenvalue weighted by atomic mass is 9.91. The Balaban J connectivity index is 2.29. The summed E-state index contributed by atoms with van der Waals surface area (Å²) in [4.78, 5) is 24.0. The second-order valence-electron chi connectivity index (χ2n) is 6.88. The van der Waals surface area contributed by atoms with E-state index in [1.807, 2.05) is 36.4 Å². The van der Waals surface area contributed by atoms with Crippen molar-refractivity contribution in [1.82, 2.24) is 0 Å². The van der Waals surface area contributed by atoms with Crippen LogP contribution in [0.1, 0.15) is 71.3 Å². The number of carbonyl (C=O) groups excluding carboxylic acids is 2. The standard InChI is InChI=1S/C26H28O3/c1-5-8-9-24(27)26-22(6-2)16-21(17-23(26)7-3)15-12-19-10-13-20(14-11-19)18-25(28)29-4/h6,10-11,13-14,16-17H,2,5,7-9,18H2,1,3-4H3. The smallest absolute Gasteiger partial charge is 0.309 e. The van der Waals surface area contributed by atoms with E-state index in [4.69, 9.17) is 0 Å². The van der Waals surface area contributed by atoms with Crippen molar-refractivity contribution in [3.8, 4) is 11.8 Å². The fourth-order valence-electron chi connectivity index (χ4n) is 3.13. The number of hydrogen-bond donors (Lipinski definition) is 0. The molecular weight excluding hydrogens is 360 g/mol. The lowest BCUT2D eigenvalue weighted by molar-refractivity contribution is -0.139. The van der Waals surface area contributed by atoms with Crippen molar-refractivity contribution in [1.29, 1.82) is 0 Å². The van der Waals surface area contributed by atoms with Crippen LogP contribution in [0.15, 0.2) is 43.0 Å². The Labute approximate surface area is 173 Å². The SMILES string of the molecule is C=Cc1cc(C#Cc2ccc(CC(=O)OC)cc2)cc(CC)c1C(=O)CCCC. The quantitative estimate of drug-likeness (QED) is 0.346. The summed E-state index contributed by atoms with van der Waals surface area (Å²) in [5, 5.41) is 0. The van der Waals surface area contributed by atoms with E-state index in [2.05, 4.69) is 37.0 Å². The summed E-state index contributed by atoms with van der Waals surface area (Å²) in [5.74, 6) is 6.26. The maximum atomic E-state index is 12.7. The van der Waals surface area contributed by atoms with Gasteiger partial charge in [-0.15, -0.1) is 0 Å². The number of benzene rings is 2. The van der Waals surface area contributed by atoms with Crippen LogP contribution in [0, 0.1) is 11.8 Å². The molecule has 2 rings (SSSR count). The minimum absolute atomic E-state index is 0.180. The summed E-state index contributed by atoms with van der Waals surface area (Å²) in [6.45, 7) is 8.03. The average Bonchev–Trinajstić information content (AvgIpc) is 2.75. The molecule has 0 fully saturated rings. The third kappa shape index (κ3) is 6.19. The molecule has 0 aliphatic carbocycles. The highest BCUT2D eigenvalue weighted by molar-refractivity contribution is 6.01. The summed E-state index contributed by atoms with van der Waals surface area (Å²) in [6.07, 6.45) is 5.22. The van der Waals surface area contributed by atoms with Crippen molar-refractivity contribution >= 4 is 17.8 Å². The molecule has 0 heterocycles. The zero-order chi connectivity index (χ0) is 21.2. The number of rotatable bonds is 8. The Hall–Kier alpha value is -3.12. The molecule has 0 aliphatic rings. The maximum absolute atomic E-state index is 12.7. The van der Waals surface area contributed by atoms with Gasteiger partial charge >= 0.3 is 5.97 Å². The van der Waals surface area contributed by atoms with Crippen molar-refractivity contribution in [2.75, 3.05) is 7.11 Å². The number of unbranched alkanes of at least 4 members (excludes halogenated alkanes) is 1. The number of esters is 1. The summed E-state index contributed by atoms with van der Waals surface area (Å²) in [5.41, 5.74) is 5.26. The Morgan fingerprint density at radius 2 is 1.76 bits per heavy atom. The number of hydrogen-bond acceptors (Lipinski definition) is 3. The second kappa shape index (κ2) is 11.0. The Kier molecular flexibility index (Phi) is 8.43. The van der Waals surface area contributed by atoms with Gasteiger partial charge in [-0.05, 0) is 53.8 Å². The Morgan fingerprint density at radius 1 is 1.07 bits per heavy atom. The van der Waals surface area contributed by atoms with Gasteiger partial charge in [-0.2, -0.15) is 0 Å². The van der Waals surface area contributed by atoms with Gasteiger partial charge in [0.1, 0.15) is 0 Å². The van der Waals surface area contributed by atoms with Crippen LogP contribution >= 0.6 is 0 Å². The van der Waals surface area contributed by atoms with Crippen LogP contribution in [0.3, 0.4) is 0 Å². The third-order valence-electron chi connectivity index (χ3n) is 4.77. The predicted molar refractivity (Wildman–Crippen MR) is 118 cm³/mol. The lowest BCUT2D eigenvalue weighted by Crippen LogP contribution is -2.07. The van der Waals surface area contributed by atoms with Crippen LogP contribution in [0.5, 0.6) is 0 Å². The summed E-state index contributed by atoms with van der Waals surface area (Å²) < 4.78 is 4.68. The summed E-state index contributed by atoms with van der Waals surface area (Å²) in [7, 11) is 1.38. The van der Waals surface area contributed by atoms with E-state index in [9.17, 15) is 9.59 Å². The van der Waals surface area contributed by atoms with E-state index in [1.54, 1.807) is 6.08 Å². The highest BCUT2D eigenvalue weighted by atomic mass is 16.5. The number of carbonyl (C=O) groups is 2. The predicted octanol–water partition coefficient (Wildman–Crippen LogP) is 5.38. The second-order valence-corrected chi connectivity index (χ2v) is 6.88. The molecule has 0 radical (unpaired) electrons. The van der Waals surface area contributed by atoms with Crippen molar-refractivity contribution in [2.24, 2.45) is 0 Å². The number of Topliss-reactive ketones (excluding diaryl/α,β-unsaturated/α-hetero) is 1. The van der Waals surface area contributed by atoms with Crippen LogP contribution in [0.4, 0.5) is 0 Å². The van der Waals surface area contributed by atoms with Crippen molar-refractivity contribution in [3.63, 3.8) is 0 Å². The van der Waals surface area contributed by atoms with Crippen LogP contribution in [-0.4, -0.2) is 18.9 Å². The molecule has 0 spiro atoms. The fraction of sp³-hybridized carbons (Fsp3) is 0.308. The minimum Gasteiger partial charge on any atom is -0.469 e. The van der Waals surface area contributed by atoms with Crippen molar-refractivity contribution in [2.45, 2.75) is 46.0 Å². The molecule has 3 heteroatoms. The van der Waals surface area contributed by atoms with Gasteiger partial charge in [0.15, 0.2) is 5.78 Å². The molecule has 0 atom stereocenters. The summed E-state index contributed by atoms with van der Waals surface area (Å²) in [6, 6.07) is 11.5.